The molecular formula is C9H8F5NO. The monoisotopic (exact) mass is 241 g/mol. The van der Waals surface area contributed by atoms with Crippen LogP contribution in [0.15, 0.2) is 12.1 Å². The first-order valence-electron chi connectivity index (χ1n) is 4.22. The Kier molecular flexibility index (Phi) is 3.37. The minimum Gasteiger partial charge on any atom is -0.505 e. The molecule has 0 heterocycles. The fourth-order valence-corrected chi connectivity index (χ4v) is 1.29. The van der Waals surface area contributed by atoms with Crippen molar-refractivity contribution in [3.05, 3.63) is 29.3 Å². The highest BCUT2D eigenvalue weighted by Crippen LogP contribution is 2.39. The molecule has 1 aromatic carbocycles. The topological polar surface area (TPSA) is 46.2 Å². The molecule has 0 spiro atoms. The summed E-state index contributed by atoms with van der Waals surface area (Å²) >= 11 is 0. The van der Waals surface area contributed by atoms with Crippen molar-refractivity contribution in [3.63, 3.8) is 0 Å². The molecule has 90 valence electrons. The molecule has 0 aliphatic rings. The molecule has 0 amide bonds. The molecule has 1 atom stereocenters. The average molecular weight is 241 g/mol. The number of halogens is 5. The molecule has 3 N–H and O–H groups in total. The number of phenolic OH excluding ortho intramolecular Hbond substituents is 1. The molecule has 2 nitrogen and oxygen atoms in total. The van der Waals surface area contributed by atoms with E-state index in [1.165, 1.54) is 0 Å². The van der Waals surface area contributed by atoms with Gasteiger partial charge < -0.3 is 10.8 Å². The van der Waals surface area contributed by atoms with E-state index in [1.54, 1.807) is 0 Å². The molecule has 0 saturated carbocycles. The summed E-state index contributed by atoms with van der Waals surface area (Å²) in [6.07, 6.45) is -4.77. The van der Waals surface area contributed by atoms with Gasteiger partial charge in [0, 0.05) is 18.2 Å². The SMILES string of the molecule is NCC(c1cc(F)cc(F)c1O)C(F)(F)F. The molecule has 1 unspecified atom stereocenters. The van der Waals surface area contributed by atoms with Crippen molar-refractivity contribution in [1.82, 2.24) is 0 Å². The summed E-state index contributed by atoms with van der Waals surface area (Å²) in [7, 11) is 0. The molecule has 0 saturated heterocycles. The van der Waals surface area contributed by atoms with Crippen molar-refractivity contribution >= 4 is 0 Å². The van der Waals surface area contributed by atoms with Gasteiger partial charge in [-0.3, -0.25) is 0 Å². The van der Waals surface area contributed by atoms with Crippen molar-refractivity contribution in [1.29, 1.82) is 0 Å². The molecular weight excluding hydrogens is 233 g/mol. The lowest BCUT2D eigenvalue weighted by molar-refractivity contribution is -0.148. The van der Waals surface area contributed by atoms with Crippen LogP contribution >= 0.6 is 0 Å². The maximum Gasteiger partial charge on any atom is 0.397 e. The van der Waals surface area contributed by atoms with Crippen LogP contribution in [-0.4, -0.2) is 17.8 Å². The van der Waals surface area contributed by atoms with Gasteiger partial charge in [0.1, 0.15) is 5.82 Å². The van der Waals surface area contributed by atoms with Crippen LogP contribution in [0.4, 0.5) is 22.0 Å². The van der Waals surface area contributed by atoms with Crippen LogP contribution in [-0.2, 0) is 0 Å². The van der Waals surface area contributed by atoms with Gasteiger partial charge in [0.25, 0.3) is 0 Å². The average Bonchev–Trinajstić information content (AvgIpc) is 2.11. The van der Waals surface area contributed by atoms with E-state index in [2.05, 4.69) is 0 Å². The van der Waals surface area contributed by atoms with Crippen LogP contribution in [0.2, 0.25) is 0 Å². The molecule has 16 heavy (non-hydrogen) atoms. The molecule has 0 aromatic heterocycles. The summed E-state index contributed by atoms with van der Waals surface area (Å²) in [6, 6.07) is 0.714. The second-order valence-electron chi connectivity index (χ2n) is 3.16. The first kappa shape index (κ1) is 12.7. The van der Waals surface area contributed by atoms with Gasteiger partial charge in [0.2, 0.25) is 0 Å². The number of phenols is 1. The standard InChI is InChI=1S/C9H8F5NO/c10-4-1-5(8(16)7(11)2-4)6(3-15)9(12,13)14/h1-2,6,16H,3,15H2. The van der Waals surface area contributed by atoms with Crippen molar-refractivity contribution in [2.45, 2.75) is 12.1 Å². The van der Waals surface area contributed by atoms with E-state index < -0.39 is 41.6 Å². The van der Waals surface area contributed by atoms with Gasteiger partial charge in [-0.1, -0.05) is 0 Å². The summed E-state index contributed by atoms with van der Waals surface area (Å²) in [6.45, 7) is -0.903. The highest BCUT2D eigenvalue weighted by atomic mass is 19.4. The maximum atomic E-state index is 12.8. The van der Waals surface area contributed by atoms with Crippen molar-refractivity contribution in [2.24, 2.45) is 5.73 Å². The molecule has 0 bridgehead atoms. The van der Waals surface area contributed by atoms with E-state index in [-0.39, 0.29) is 0 Å². The second-order valence-corrected chi connectivity index (χ2v) is 3.16. The van der Waals surface area contributed by atoms with E-state index in [0.717, 1.165) is 0 Å². The smallest absolute Gasteiger partial charge is 0.397 e. The molecule has 7 heteroatoms. The summed E-state index contributed by atoms with van der Waals surface area (Å²) in [5.74, 6) is -6.17. The molecule has 1 aromatic rings. The van der Waals surface area contributed by atoms with E-state index in [9.17, 15) is 22.0 Å². The lowest BCUT2D eigenvalue weighted by atomic mass is 9.97. The summed E-state index contributed by atoms with van der Waals surface area (Å²) in [5.41, 5.74) is 3.99. The van der Waals surface area contributed by atoms with Crippen molar-refractivity contribution in [2.75, 3.05) is 6.54 Å². The summed E-state index contributed by atoms with van der Waals surface area (Å²) in [4.78, 5) is 0. The lowest BCUT2D eigenvalue weighted by Crippen LogP contribution is -2.28. The Balaban J connectivity index is 3.30. The van der Waals surface area contributed by atoms with Crippen LogP contribution in [0.5, 0.6) is 5.75 Å². The van der Waals surface area contributed by atoms with E-state index in [4.69, 9.17) is 10.8 Å². The predicted octanol–water partition coefficient (Wildman–Crippen LogP) is 2.28. The van der Waals surface area contributed by atoms with E-state index >= 15 is 0 Å². The third-order valence-corrected chi connectivity index (χ3v) is 2.06. The number of benzene rings is 1. The zero-order valence-corrected chi connectivity index (χ0v) is 7.85. The maximum absolute atomic E-state index is 12.8. The largest absolute Gasteiger partial charge is 0.505 e. The third-order valence-electron chi connectivity index (χ3n) is 2.06. The van der Waals surface area contributed by atoms with Crippen molar-refractivity contribution < 1.29 is 27.1 Å². The highest BCUT2D eigenvalue weighted by molar-refractivity contribution is 5.38. The van der Waals surface area contributed by atoms with E-state index in [1.807, 2.05) is 0 Å². The number of aromatic hydroxyl groups is 1. The van der Waals surface area contributed by atoms with Gasteiger partial charge in [0.15, 0.2) is 11.6 Å². The molecule has 0 fully saturated rings. The summed E-state index contributed by atoms with van der Waals surface area (Å²) in [5, 5.41) is 9.09. The van der Waals surface area contributed by atoms with Crippen LogP contribution in [0.25, 0.3) is 0 Å². The Bertz CT molecular complexity index is 390. The van der Waals surface area contributed by atoms with Crippen LogP contribution < -0.4 is 5.73 Å². The zero-order chi connectivity index (χ0) is 12.5. The molecule has 0 aliphatic carbocycles. The van der Waals surface area contributed by atoms with Gasteiger partial charge >= 0.3 is 6.18 Å². The summed E-state index contributed by atoms with van der Waals surface area (Å²) < 4.78 is 62.8. The Labute approximate surface area is 87.5 Å². The van der Waals surface area contributed by atoms with Gasteiger partial charge in [0.05, 0.1) is 5.92 Å². The van der Waals surface area contributed by atoms with Gasteiger partial charge in [-0.15, -0.1) is 0 Å². The quantitative estimate of drug-likeness (QED) is 0.780. The third kappa shape index (κ3) is 2.41. The first-order chi connectivity index (χ1) is 7.27. The number of nitrogens with two attached hydrogens (primary N) is 1. The minimum atomic E-state index is -4.77. The fraction of sp³-hybridized carbons (Fsp3) is 0.333. The molecule has 1 rings (SSSR count). The predicted molar refractivity (Wildman–Crippen MR) is 45.9 cm³/mol. The molecule has 0 radical (unpaired) electrons. The number of hydrogen-bond acceptors (Lipinski definition) is 2. The van der Waals surface area contributed by atoms with Gasteiger partial charge in [-0.05, 0) is 6.07 Å². The van der Waals surface area contributed by atoms with Crippen molar-refractivity contribution in [3.8, 4) is 5.75 Å². The van der Waals surface area contributed by atoms with Crippen LogP contribution in [0.3, 0.4) is 0 Å². The lowest BCUT2D eigenvalue weighted by Gasteiger charge is -2.19. The highest BCUT2D eigenvalue weighted by Gasteiger charge is 2.41. The first-order valence-corrected chi connectivity index (χ1v) is 4.22. The number of alkyl halides is 3. The Morgan fingerprint density at radius 2 is 1.81 bits per heavy atom. The number of rotatable bonds is 2. The Morgan fingerprint density at radius 1 is 1.25 bits per heavy atom. The Morgan fingerprint density at radius 3 is 2.25 bits per heavy atom. The van der Waals surface area contributed by atoms with Crippen LogP contribution in [0.1, 0.15) is 11.5 Å². The molecule has 0 aliphatic heterocycles. The normalized spacial score (nSPS) is 13.9. The second kappa shape index (κ2) is 4.25. The fourth-order valence-electron chi connectivity index (χ4n) is 1.29. The number of hydrogen-bond donors (Lipinski definition) is 2. The Hall–Kier alpha value is -1.37. The van der Waals surface area contributed by atoms with Crippen LogP contribution in [0, 0.1) is 11.6 Å². The van der Waals surface area contributed by atoms with Gasteiger partial charge in [-0.2, -0.15) is 13.2 Å². The van der Waals surface area contributed by atoms with E-state index in [0.29, 0.717) is 12.1 Å². The zero-order valence-electron chi connectivity index (χ0n) is 7.85. The minimum absolute atomic E-state index is 0.294. The van der Waals surface area contributed by atoms with Gasteiger partial charge in [-0.25, -0.2) is 8.78 Å².